The highest BCUT2D eigenvalue weighted by Gasteiger charge is 2.25. The maximum absolute atomic E-state index is 12.5. The minimum absolute atomic E-state index is 0.0749. The van der Waals surface area contributed by atoms with E-state index in [0.29, 0.717) is 11.6 Å². The quantitative estimate of drug-likeness (QED) is 0.871. The smallest absolute Gasteiger partial charge is 0.224 e. The molecular weight excluding hydrogens is 332 g/mol. The molecule has 0 saturated carbocycles. The van der Waals surface area contributed by atoms with Crippen LogP contribution in [0.15, 0.2) is 48.5 Å². The molecule has 1 saturated heterocycles. The Kier molecular flexibility index (Phi) is 6.11. The molecule has 0 bridgehead atoms. The number of benzene rings is 2. The van der Waals surface area contributed by atoms with Crippen LogP contribution in [-0.4, -0.2) is 23.9 Å². The van der Waals surface area contributed by atoms with Gasteiger partial charge in [0.15, 0.2) is 0 Å². The third kappa shape index (κ3) is 5.32. The molecule has 132 valence electrons. The molecule has 1 aliphatic heterocycles. The molecule has 25 heavy (non-hydrogen) atoms. The summed E-state index contributed by atoms with van der Waals surface area (Å²) in [6, 6.07) is 16.2. The topological polar surface area (TPSA) is 32.3 Å². The third-order valence-electron chi connectivity index (χ3n) is 4.74. The van der Waals surface area contributed by atoms with Crippen LogP contribution in [0.4, 0.5) is 0 Å². The van der Waals surface area contributed by atoms with Gasteiger partial charge in [-0.1, -0.05) is 53.6 Å². The summed E-state index contributed by atoms with van der Waals surface area (Å²) in [5.41, 5.74) is 3.68. The third-order valence-corrected chi connectivity index (χ3v) is 5.00. The van der Waals surface area contributed by atoms with Gasteiger partial charge in [0.2, 0.25) is 5.91 Å². The molecule has 0 radical (unpaired) electrons. The number of carbonyl (C=O) groups excluding carboxylic acids is 1. The zero-order chi connectivity index (χ0) is 17.6. The molecule has 3 nitrogen and oxygen atoms in total. The lowest BCUT2D eigenvalue weighted by molar-refractivity contribution is -0.126. The Hall–Kier alpha value is -1.84. The Labute approximate surface area is 155 Å². The standard InChI is InChI=1S/C21H25ClN2O/c1-16-4-2-5-18(12-16)14-24-11-3-6-19(15-24)21(25)23-13-17-7-9-20(22)10-8-17/h2,4-5,7-10,12,19H,3,6,11,13-15H2,1H3,(H,23,25). The normalized spacial score (nSPS) is 18.1. The minimum atomic E-state index is 0.0749. The summed E-state index contributed by atoms with van der Waals surface area (Å²) in [6.07, 6.45) is 2.04. The average molecular weight is 357 g/mol. The van der Waals surface area contributed by atoms with Crippen molar-refractivity contribution in [2.75, 3.05) is 13.1 Å². The van der Waals surface area contributed by atoms with E-state index in [1.165, 1.54) is 11.1 Å². The summed E-state index contributed by atoms with van der Waals surface area (Å²) in [5, 5.41) is 3.79. The average Bonchev–Trinajstić information content (AvgIpc) is 2.61. The molecule has 4 heteroatoms. The van der Waals surface area contributed by atoms with Gasteiger partial charge in [-0.25, -0.2) is 0 Å². The Morgan fingerprint density at radius 1 is 1.20 bits per heavy atom. The summed E-state index contributed by atoms with van der Waals surface area (Å²) in [6.45, 7) is 5.50. The van der Waals surface area contributed by atoms with Crippen LogP contribution in [0.1, 0.15) is 29.5 Å². The van der Waals surface area contributed by atoms with Crippen LogP contribution in [0.2, 0.25) is 5.02 Å². The molecule has 0 aliphatic carbocycles. The lowest BCUT2D eigenvalue weighted by Crippen LogP contribution is -2.42. The SMILES string of the molecule is Cc1cccc(CN2CCCC(C(=O)NCc3ccc(Cl)cc3)C2)c1. The minimum Gasteiger partial charge on any atom is -0.352 e. The van der Waals surface area contributed by atoms with E-state index >= 15 is 0 Å². The van der Waals surface area contributed by atoms with E-state index in [-0.39, 0.29) is 11.8 Å². The fourth-order valence-corrected chi connectivity index (χ4v) is 3.54. The first-order chi connectivity index (χ1) is 12.1. The van der Waals surface area contributed by atoms with Crippen molar-refractivity contribution in [3.8, 4) is 0 Å². The van der Waals surface area contributed by atoms with Gasteiger partial charge in [0.25, 0.3) is 0 Å². The maximum atomic E-state index is 12.5. The Bertz CT molecular complexity index is 714. The van der Waals surface area contributed by atoms with Crippen molar-refractivity contribution < 1.29 is 4.79 Å². The Balaban J connectivity index is 1.51. The Morgan fingerprint density at radius 3 is 2.76 bits per heavy atom. The monoisotopic (exact) mass is 356 g/mol. The molecule has 1 aliphatic rings. The second-order valence-corrected chi connectivity index (χ2v) is 7.34. The highest BCUT2D eigenvalue weighted by Crippen LogP contribution is 2.19. The van der Waals surface area contributed by atoms with Gasteiger partial charge in [-0.05, 0) is 49.6 Å². The van der Waals surface area contributed by atoms with E-state index in [1.807, 2.05) is 24.3 Å². The zero-order valence-corrected chi connectivity index (χ0v) is 15.4. The fraction of sp³-hybridized carbons (Fsp3) is 0.381. The summed E-state index contributed by atoms with van der Waals surface area (Å²) < 4.78 is 0. The van der Waals surface area contributed by atoms with Crippen molar-refractivity contribution in [2.24, 2.45) is 5.92 Å². The number of piperidine rings is 1. The number of nitrogens with one attached hydrogen (secondary N) is 1. The summed E-state index contributed by atoms with van der Waals surface area (Å²) in [7, 11) is 0. The molecule has 1 fully saturated rings. The number of likely N-dealkylation sites (tertiary alicyclic amines) is 1. The van der Waals surface area contributed by atoms with Gasteiger partial charge in [-0.3, -0.25) is 9.69 Å². The first kappa shape index (κ1) is 18.0. The molecule has 2 aromatic rings. The van der Waals surface area contributed by atoms with E-state index in [1.54, 1.807) is 0 Å². The largest absolute Gasteiger partial charge is 0.352 e. The van der Waals surface area contributed by atoms with Gasteiger partial charge in [-0.15, -0.1) is 0 Å². The van der Waals surface area contributed by atoms with Gasteiger partial charge in [0, 0.05) is 24.7 Å². The Morgan fingerprint density at radius 2 is 2.00 bits per heavy atom. The van der Waals surface area contributed by atoms with Crippen molar-refractivity contribution in [1.29, 1.82) is 0 Å². The number of carbonyl (C=O) groups is 1. The highest BCUT2D eigenvalue weighted by atomic mass is 35.5. The van der Waals surface area contributed by atoms with Crippen LogP contribution in [0.5, 0.6) is 0 Å². The molecule has 1 heterocycles. The van der Waals surface area contributed by atoms with Crippen LogP contribution in [0.3, 0.4) is 0 Å². The molecule has 2 aromatic carbocycles. The number of hydrogen-bond acceptors (Lipinski definition) is 2. The number of hydrogen-bond donors (Lipinski definition) is 1. The number of halogens is 1. The van der Waals surface area contributed by atoms with Crippen molar-refractivity contribution in [3.63, 3.8) is 0 Å². The summed E-state index contributed by atoms with van der Waals surface area (Å²) in [5.74, 6) is 0.231. The number of aryl methyl sites for hydroxylation is 1. The lowest BCUT2D eigenvalue weighted by Gasteiger charge is -2.32. The number of amides is 1. The van der Waals surface area contributed by atoms with Crippen molar-refractivity contribution in [2.45, 2.75) is 32.9 Å². The summed E-state index contributed by atoms with van der Waals surface area (Å²) >= 11 is 5.90. The molecule has 1 N–H and O–H groups in total. The van der Waals surface area contributed by atoms with E-state index in [4.69, 9.17) is 11.6 Å². The first-order valence-corrected chi connectivity index (χ1v) is 9.28. The van der Waals surface area contributed by atoms with Crippen LogP contribution >= 0.6 is 11.6 Å². The van der Waals surface area contributed by atoms with E-state index in [9.17, 15) is 4.79 Å². The van der Waals surface area contributed by atoms with Crippen LogP contribution in [0, 0.1) is 12.8 Å². The van der Waals surface area contributed by atoms with Crippen molar-refractivity contribution in [3.05, 3.63) is 70.2 Å². The lowest BCUT2D eigenvalue weighted by atomic mass is 9.96. The van der Waals surface area contributed by atoms with Gasteiger partial charge >= 0.3 is 0 Å². The molecule has 1 unspecified atom stereocenters. The van der Waals surface area contributed by atoms with E-state index in [0.717, 1.165) is 38.0 Å². The predicted octanol–water partition coefficient (Wildman–Crippen LogP) is 4.18. The zero-order valence-electron chi connectivity index (χ0n) is 14.7. The van der Waals surface area contributed by atoms with Crippen LogP contribution in [-0.2, 0) is 17.9 Å². The van der Waals surface area contributed by atoms with Crippen molar-refractivity contribution >= 4 is 17.5 Å². The first-order valence-electron chi connectivity index (χ1n) is 8.90. The fourth-order valence-electron chi connectivity index (χ4n) is 3.42. The number of nitrogens with zero attached hydrogens (tertiary/aromatic N) is 1. The molecular formula is C21H25ClN2O. The second kappa shape index (κ2) is 8.50. The number of rotatable bonds is 5. The molecule has 3 rings (SSSR count). The molecule has 1 amide bonds. The predicted molar refractivity (Wildman–Crippen MR) is 102 cm³/mol. The van der Waals surface area contributed by atoms with Gasteiger partial charge in [0.05, 0.1) is 5.92 Å². The van der Waals surface area contributed by atoms with E-state index < -0.39 is 0 Å². The molecule has 0 aromatic heterocycles. The second-order valence-electron chi connectivity index (χ2n) is 6.91. The van der Waals surface area contributed by atoms with Gasteiger partial charge < -0.3 is 5.32 Å². The van der Waals surface area contributed by atoms with Crippen LogP contribution < -0.4 is 5.32 Å². The van der Waals surface area contributed by atoms with Crippen LogP contribution in [0.25, 0.3) is 0 Å². The highest BCUT2D eigenvalue weighted by molar-refractivity contribution is 6.30. The molecule has 0 spiro atoms. The van der Waals surface area contributed by atoms with Crippen molar-refractivity contribution in [1.82, 2.24) is 10.2 Å². The van der Waals surface area contributed by atoms with Gasteiger partial charge in [0.1, 0.15) is 0 Å². The maximum Gasteiger partial charge on any atom is 0.224 e. The van der Waals surface area contributed by atoms with Gasteiger partial charge in [-0.2, -0.15) is 0 Å². The van der Waals surface area contributed by atoms with E-state index in [2.05, 4.69) is 41.4 Å². The molecule has 1 atom stereocenters. The summed E-state index contributed by atoms with van der Waals surface area (Å²) in [4.78, 5) is 14.9.